The second-order valence-electron chi connectivity index (χ2n) is 6.89. The summed E-state index contributed by atoms with van der Waals surface area (Å²) in [6, 6.07) is 11.3. The number of carbonyl (C=O) groups is 2. The van der Waals surface area contributed by atoms with E-state index >= 15 is 0 Å². The molecule has 1 saturated heterocycles. The lowest BCUT2D eigenvalue weighted by Crippen LogP contribution is -2.29. The number of aryl methyl sites for hydroxylation is 1. The minimum Gasteiger partial charge on any atom is -0.507 e. The molecule has 0 bridgehead atoms. The monoisotopic (exact) mass is 406 g/mol. The average Bonchev–Trinajstić information content (AvgIpc) is 3.02. The molecule has 3 aromatic rings. The second kappa shape index (κ2) is 7.51. The molecule has 0 radical (unpaired) electrons. The van der Waals surface area contributed by atoms with E-state index in [0.29, 0.717) is 11.3 Å². The van der Waals surface area contributed by atoms with Gasteiger partial charge in [-0.25, -0.2) is 8.78 Å². The molecule has 30 heavy (non-hydrogen) atoms. The van der Waals surface area contributed by atoms with Crippen LogP contribution in [0.4, 0.5) is 14.5 Å². The van der Waals surface area contributed by atoms with Crippen molar-refractivity contribution in [1.29, 1.82) is 0 Å². The molecule has 1 aliphatic rings. The number of aliphatic hydroxyl groups excluding tert-OH is 1. The van der Waals surface area contributed by atoms with Crippen molar-refractivity contribution >= 4 is 23.1 Å². The standard InChI is InChI=1S/C23H16F2N2O3/c1-13-12-15(2-7-18(13)25)21(28)19-20(14-8-10-26-11-9-14)27(23(30)22(19)29)17-5-3-16(24)4-6-17/h2-12,20,28H,1H3/b21-19-. The molecular formula is C23H16F2N2O3. The lowest BCUT2D eigenvalue weighted by molar-refractivity contribution is -0.132. The number of pyridine rings is 1. The number of benzene rings is 2. The smallest absolute Gasteiger partial charge is 0.300 e. The molecule has 1 atom stereocenters. The van der Waals surface area contributed by atoms with Crippen molar-refractivity contribution in [2.24, 2.45) is 0 Å². The molecule has 1 unspecified atom stereocenters. The van der Waals surface area contributed by atoms with Gasteiger partial charge in [0.25, 0.3) is 11.7 Å². The van der Waals surface area contributed by atoms with E-state index in [1.807, 2.05) is 0 Å². The SMILES string of the molecule is Cc1cc(/C(O)=C2/C(=O)C(=O)N(c3ccc(F)cc3)C2c2ccncc2)ccc1F. The maximum absolute atomic E-state index is 13.7. The molecule has 4 rings (SSSR count). The van der Waals surface area contributed by atoms with Crippen molar-refractivity contribution in [3.8, 4) is 0 Å². The zero-order valence-corrected chi connectivity index (χ0v) is 15.8. The van der Waals surface area contributed by atoms with Crippen LogP contribution in [0.25, 0.3) is 5.76 Å². The fourth-order valence-electron chi connectivity index (χ4n) is 3.51. The Hall–Kier alpha value is -3.87. The predicted molar refractivity (Wildman–Crippen MR) is 107 cm³/mol. The molecule has 1 aliphatic heterocycles. The Morgan fingerprint density at radius 1 is 1.00 bits per heavy atom. The van der Waals surface area contributed by atoms with Crippen LogP contribution < -0.4 is 4.90 Å². The van der Waals surface area contributed by atoms with Crippen molar-refractivity contribution in [2.45, 2.75) is 13.0 Å². The molecule has 2 heterocycles. The summed E-state index contributed by atoms with van der Waals surface area (Å²) in [6.07, 6.45) is 3.00. The third-order valence-corrected chi connectivity index (χ3v) is 5.00. The van der Waals surface area contributed by atoms with Gasteiger partial charge in [0.05, 0.1) is 11.6 Å². The Morgan fingerprint density at radius 2 is 1.67 bits per heavy atom. The number of hydrogen-bond acceptors (Lipinski definition) is 4. The van der Waals surface area contributed by atoms with Crippen LogP contribution in [0.15, 0.2) is 72.6 Å². The highest BCUT2D eigenvalue weighted by atomic mass is 19.1. The van der Waals surface area contributed by atoms with Crippen LogP contribution in [0.1, 0.15) is 22.7 Å². The summed E-state index contributed by atoms with van der Waals surface area (Å²) in [4.78, 5) is 31.0. The van der Waals surface area contributed by atoms with Crippen LogP contribution in [0.2, 0.25) is 0 Å². The molecule has 1 N–H and O–H groups in total. The number of ketones is 1. The van der Waals surface area contributed by atoms with Crippen molar-refractivity contribution < 1.29 is 23.5 Å². The van der Waals surface area contributed by atoms with Crippen LogP contribution in [-0.4, -0.2) is 21.8 Å². The van der Waals surface area contributed by atoms with Crippen molar-refractivity contribution in [3.05, 3.63) is 101 Å². The fourth-order valence-corrected chi connectivity index (χ4v) is 3.51. The van der Waals surface area contributed by atoms with E-state index in [4.69, 9.17) is 0 Å². The van der Waals surface area contributed by atoms with Crippen molar-refractivity contribution in [2.75, 3.05) is 4.90 Å². The maximum atomic E-state index is 13.7. The topological polar surface area (TPSA) is 70.5 Å². The summed E-state index contributed by atoms with van der Waals surface area (Å²) in [7, 11) is 0. The Bertz CT molecular complexity index is 1170. The van der Waals surface area contributed by atoms with E-state index in [1.54, 1.807) is 12.1 Å². The van der Waals surface area contributed by atoms with Gasteiger partial charge in [0.1, 0.15) is 17.4 Å². The number of halogens is 2. The van der Waals surface area contributed by atoms with Gasteiger partial charge >= 0.3 is 0 Å². The lowest BCUT2D eigenvalue weighted by atomic mass is 9.95. The molecule has 2 aromatic carbocycles. The molecule has 0 spiro atoms. The number of nitrogens with zero attached hydrogens (tertiary/aromatic N) is 2. The van der Waals surface area contributed by atoms with Crippen molar-refractivity contribution in [1.82, 2.24) is 4.98 Å². The van der Waals surface area contributed by atoms with Gasteiger partial charge in [0.15, 0.2) is 0 Å². The Kier molecular flexibility index (Phi) is 4.87. The first-order chi connectivity index (χ1) is 14.4. The van der Waals surface area contributed by atoms with Gasteiger partial charge in [-0.05, 0) is 72.6 Å². The number of anilines is 1. The summed E-state index contributed by atoms with van der Waals surface area (Å²) in [6.45, 7) is 1.53. The normalized spacial score (nSPS) is 18.1. The quantitative estimate of drug-likeness (QED) is 0.400. The molecule has 0 saturated carbocycles. The van der Waals surface area contributed by atoms with E-state index in [-0.39, 0.29) is 16.7 Å². The van der Waals surface area contributed by atoms with E-state index in [2.05, 4.69) is 4.98 Å². The second-order valence-corrected chi connectivity index (χ2v) is 6.89. The summed E-state index contributed by atoms with van der Waals surface area (Å²) in [5, 5.41) is 10.9. The van der Waals surface area contributed by atoms with Crippen LogP contribution in [0.3, 0.4) is 0 Å². The summed E-state index contributed by atoms with van der Waals surface area (Å²) in [5.74, 6) is -3.10. The first-order valence-electron chi connectivity index (χ1n) is 9.11. The number of aliphatic hydroxyl groups is 1. The number of carbonyl (C=O) groups excluding carboxylic acids is 2. The molecule has 1 amide bonds. The number of aromatic nitrogens is 1. The maximum Gasteiger partial charge on any atom is 0.300 e. The Labute approximate surface area is 170 Å². The highest BCUT2D eigenvalue weighted by molar-refractivity contribution is 6.51. The van der Waals surface area contributed by atoms with Gasteiger partial charge < -0.3 is 5.11 Å². The van der Waals surface area contributed by atoms with Crippen LogP contribution >= 0.6 is 0 Å². The minimum absolute atomic E-state index is 0.137. The fraction of sp³-hybridized carbons (Fsp3) is 0.0870. The Balaban J connectivity index is 1.94. The average molecular weight is 406 g/mol. The van der Waals surface area contributed by atoms with Gasteiger partial charge in [0.2, 0.25) is 0 Å². The first kappa shape index (κ1) is 19.4. The van der Waals surface area contributed by atoms with E-state index < -0.39 is 35.1 Å². The molecule has 1 fully saturated rings. The molecule has 150 valence electrons. The minimum atomic E-state index is -0.955. The van der Waals surface area contributed by atoms with Crippen LogP contribution in [0, 0.1) is 18.6 Å². The number of Topliss-reactive ketones (excluding diaryl/α,β-unsaturated/α-hetero) is 1. The molecule has 1 aromatic heterocycles. The zero-order chi connectivity index (χ0) is 21.4. The number of rotatable bonds is 3. The highest BCUT2D eigenvalue weighted by Gasteiger charge is 2.46. The largest absolute Gasteiger partial charge is 0.507 e. The van der Waals surface area contributed by atoms with Gasteiger partial charge in [0, 0.05) is 23.6 Å². The number of amides is 1. The predicted octanol–water partition coefficient (Wildman–Crippen LogP) is 4.29. The summed E-state index contributed by atoms with van der Waals surface area (Å²) in [5.41, 5.74) is 1.20. The molecule has 5 nitrogen and oxygen atoms in total. The first-order valence-corrected chi connectivity index (χ1v) is 9.11. The zero-order valence-electron chi connectivity index (χ0n) is 15.8. The number of hydrogen-bond donors (Lipinski definition) is 1. The van der Waals surface area contributed by atoms with Gasteiger partial charge in [-0.3, -0.25) is 19.5 Å². The van der Waals surface area contributed by atoms with Gasteiger partial charge in [-0.1, -0.05) is 0 Å². The van der Waals surface area contributed by atoms with Gasteiger partial charge in [-0.2, -0.15) is 0 Å². The third kappa shape index (κ3) is 3.24. The third-order valence-electron chi connectivity index (χ3n) is 5.00. The van der Waals surface area contributed by atoms with Gasteiger partial charge in [-0.15, -0.1) is 0 Å². The van der Waals surface area contributed by atoms with E-state index in [9.17, 15) is 23.5 Å². The summed E-state index contributed by atoms with van der Waals surface area (Å²) >= 11 is 0. The molecular weight excluding hydrogens is 390 g/mol. The molecule has 7 heteroatoms. The lowest BCUT2D eigenvalue weighted by Gasteiger charge is -2.25. The van der Waals surface area contributed by atoms with E-state index in [0.717, 1.165) is 0 Å². The molecule has 0 aliphatic carbocycles. The van der Waals surface area contributed by atoms with E-state index in [1.165, 1.54) is 66.7 Å². The van der Waals surface area contributed by atoms with Crippen LogP contribution in [0.5, 0.6) is 0 Å². The highest BCUT2D eigenvalue weighted by Crippen LogP contribution is 2.42. The Morgan fingerprint density at radius 3 is 2.30 bits per heavy atom. The summed E-state index contributed by atoms with van der Waals surface area (Å²) < 4.78 is 27.1. The van der Waals surface area contributed by atoms with Crippen LogP contribution in [-0.2, 0) is 9.59 Å². The van der Waals surface area contributed by atoms with Crippen molar-refractivity contribution in [3.63, 3.8) is 0 Å².